The second-order valence-electron chi connectivity index (χ2n) is 9.06. The summed E-state index contributed by atoms with van der Waals surface area (Å²) in [6, 6.07) is 11.0. The van der Waals surface area contributed by atoms with Crippen LogP contribution in [0.1, 0.15) is 31.7 Å². The smallest absolute Gasteiger partial charge is 0.323 e. The molecular formula is C24H28N2O8S2. The highest BCUT2D eigenvalue weighted by atomic mass is 32.2. The maximum Gasteiger partial charge on any atom is 0.323 e. The van der Waals surface area contributed by atoms with Crippen molar-refractivity contribution in [3.8, 4) is 11.5 Å². The minimum Gasteiger partial charge on any atom is -0.491 e. The zero-order chi connectivity index (χ0) is 26.3. The van der Waals surface area contributed by atoms with Crippen molar-refractivity contribution in [2.75, 3.05) is 19.3 Å². The summed E-state index contributed by atoms with van der Waals surface area (Å²) in [5, 5.41) is 10.1. The summed E-state index contributed by atoms with van der Waals surface area (Å²) in [5.41, 5.74) is 1.30. The number of sulfonamides is 1. The van der Waals surface area contributed by atoms with Crippen molar-refractivity contribution in [2.24, 2.45) is 0 Å². The van der Waals surface area contributed by atoms with Crippen molar-refractivity contribution in [2.45, 2.75) is 43.7 Å². The van der Waals surface area contributed by atoms with Gasteiger partial charge in [0.2, 0.25) is 10.0 Å². The van der Waals surface area contributed by atoms with Gasteiger partial charge in [0.05, 0.1) is 22.8 Å². The Hall–Kier alpha value is -3.09. The van der Waals surface area contributed by atoms with Crippen molar-refractivity contribution in [1.82, 2.24) is 8.87 Å². The number of carboxylic acids is 1. The predicted octanol–water partition coefficient (Wildman–Crippen LogP) is 3.03. The second kappa shape index (κ2) is 9.75. The van der Waals surface area contributed by atoms with Crippen molar-refractivity contribution in [3.05, 3.63) is 54.2 Å². The molecule has 0 aliphatic carbocycles. The fourth-order valence-corrected chi connectivity index (χ4v) is 6.39. The van der Waals surface area contributed by atoms with Gasteiger partial charge in [-0.15, -0.1) is 0 Å². The molecule has 1 aromatic heterocycles. The Labute approximate surface area is 210 Å². The number of carbonyl (C=O) groups is 1. The molecule has 2 aromatic carbocycles. The van der Waals surface area contributed by atoms with Crippen LogP contribution in [0.2, 0.25) is 0 Å². The molecule has 1 saturated heterocycles. The fourth-order valence-electron chi connectivity index (χ4n) is 4.44. The molecule has 0 radical (unpaired) electrons. The van der Waals surface area contributed by atoms with Crippen LogP contribution >= 0.6 is 0 Å². The van der Waals surface area contributed by atoms with Crippen LogP contribution in [0.15, 0.2) is 53.6 Å². The maximum absolute atomic E-state index is 13.3. The molecule has 194 valence electrons. The van der Waals surface area contributed by atoms with Gasteiger partial charge in [-0.1, -0.05) is 0 Å². The van der Waals surface area contributed by atoms with Gasteiger partial charge in [-0.05, 0) is 62.2 Å². The first kappa shape index (κ1) is 26.0. The van der Waals surface area contributed by atoms with Gasteiger partial charge < -0.3 is 18.6 Å². The van der Waals surface area contributed by atoms with E-state index >= 15 is 0 Å². The van der Waals surface area contributed by atoms with Gasteiger partial charge in [0, 0.05) is 36.7 Å². The van der Waals surface area contributed by atoms with E-state index in [1.165, 1.54) is 33.1 Å². The van der Waals surface area contributed by atoms with Gasteiger partial charge in [-0.2, -0.15) is 12.7 Å². The number of aromatic nitrogens is 1. The Balaban J connectivity index is 1.62. The lowest BCUT2D eigenvalue weighted by Gasteiger charge is -2.17. The minimum atomic E-state index is -3.76. The lowest BCUT2D eigenvalue weighted by Crippen LogP contribution is -2.28. The third-order valence-electron chi connectivity index (χ3n) is 5.86. The highest BCUT2D eigenvalue weighted by Crippen LogP contribution is 2.37. The number of rotatable bonds is 9. The van der Waals surface area contributed by atoms with Crippen LogP contribution < -0.4 is 8.92 Å². The first-order chi connectivity index (χ1) is 16.8. The molecule has 10 nitrogen and oxygen atoms in total. The monoisotopic (exact) mass is 536 g/mol. The van der Waals surface area contributed by atoms with Crippen LogP contribution in [0.4, 0.5) is 0 Å². The number of benzene rings is 2. The molecule has 1 atom stereocenters. The summed E-state index contributed by atoms with van der Waals surface area (Å²) < 4.78 is 63.1. The summed E-state index contributed by atoms with van der Waals surface area (Å²) in [5.74, 6) is -0.563. The van der Waals surface area contributed by atoms with Gasteiger partial charge in [0.15, 0.2) is 0 Å². The molecule has 0 saturated carbocycles. The predicted molar refractivity (Wildman–Crippen MR) is 133 cm³/mol. The molecule has 1 aliphatic heterocycles. The molecule has 1 aliphatic rings. The van der Waals surface area contributed by atoms with Crippen LogP contribution in [0.3, 0.4) is 0 Å². The average Bonchev–Trinajstić information content (AvgIpc) is 3.38. The average molecular weight is 537 g/mol. The van der Waals surface area contributed by atoms with Crippen molar-refractivity contribution in [1.29, 1.82) is 0 Å². The summed E-state index contributed by atoms with van der Waals surface area (Å²) in [6.45, 7) is 4.00. The largest absolute Gasteiger partial charge is 0.491 e. The van der Waals surface area contributed by atoms with Gasteiger partial charge >= 0.3 is 16.1 Å². The number of nitrogens with zero attached hydrogens (tertiary/aromatic N) is 2. The highest BCUT2D eigenvalue weighted by Gasteiger charge is 2.34. The molecule has 1 unspecified atom stereocenters. The summed E-state index contributed by atoms with van der Waals surface area (Å²) in [4.78, 5) is 11.6. The zero-order valence-corrected chi connectivity index (χ0v) is 21.8. The summed E-state index contributed by atoms with van der Waals surface area (Å²) in [7, 11) is -7.48. The van der Waals surface area contributed by atoms with E-state index in [1.54, 1.807) is 24.4 Å². The molecule has 0 spiro atoms. The third-order valence-corrected chi connectivity index (χ3v) is 8.24. The Kier molecular flexibility index (Phi) is 7.04. The topological polar surface area (TPSA) is 132 Å². The molecule has 3 aromatic rings. The molecule has 0 bridgehead atoms. The van der Waals surface area contributed by atoms with Crippen molar-refractivity contribution < 1.29 is 35.7 Å². The molecule has 0 amide bonds. The van der Waals surface area contributed by atoms with E-state index < -0.39 is 26.1 Å². The zero-order valence-electron chi connectivity index (χ0n) is 20.1. The molecule has 2 heterocycles. The minimum absolute atomic E-state index is 0.0240. The lowest BCUT2D eigenvalue weighted by molar-refractivity contribution is -0.137. The lowest BCUT2D eigenvalue weighted by atomic mass is 9.98. The van der Waals surface area contributed by atoms with Crippen LogP contribution in [0.5, 0.6) is 11.5 Å². The van der Waals surface area contributed by atoms with Crippen LogP contribution in [0.25, 0.3) is 10.9 Å². The number of hydrogen-bond donors (Lipinski definition) is 1. The SMILES string of the molecule is CC(C)Oc1ccc(S(=O)(=O)N2CCC(c3cn(CC(=O)O)c4cc(OS(C)(=O)=O)ccc34)C2)cc1. The highest BCUT2D eigenvalue weighted by molar-refractivity contribution is 7.89. The first-order valence-electron chi connectivity index (χ1n) is 11.3. The quantitative estimate of drug-likeness (QED) is 0.413. The van der Waals surface area contributed by atoms with E-state index in [0.717, 1.165) is 17.2 Å². The first-order valence-corrected chi connectivity index (χ1v) is 14.6. The standard InChI is InChI=1S/C24H28N2O8S2/c1-16(2)33-18-4-7-20(8-5-18)36(31,32)26-11-10-17(13-26)22-14-25(15-24(27)28)23-12-19(6-9-21(22)23)34-35(3,29)30/h4-9,12,14,16-17H,10-11,13,15H2,1-3H3,(H,27,28). The van der Waals surface area contributed by atoms with Gasteiger partial charge in [0.25, 0.3) is 0 Å². The normalized spacial score (nSPS) is 17.1. The summed E-state index contributed by atoms with van der Waals surface area (Å²) >= 11 is 0. The third kappa shape index (κ3) is 5.66. The molecule has 4 rings (SSSR count). The van der Waals surface area contributed by atoms with Gasteiger partial charge in [-0.3, -0.25) is 4.79 Å². The Morgan fingerprint density at radius 1 is 1.08 bits per heavy atom. The van der Waals surface area contributed by atoms with Crippen LogP contribution in [-0.4, -0.2) is 62.2 Å². The number of hydrogen-bond acceptors (Lipinski definition) is 7. The van der Waals surface area contributed by atoms with Gasteiger partial charge in [0.1, 0.15) is 18.0 Å². The van der Waals surface area contributed by atoms with Crippen molar-refractivity contribution >= 4 is 37.0 Å². The van der Waals surface area contributed by atoms with E-state index in [0.29, 0.717) is 24.2 Å². The van der Waals surface area contributed by atoms with E-state index in [1.807, 2.05) is 13.8 Å². The molecular weight excluding hydrogens is 508 g/mol. The number of fused-ring (bicyclic) bond motifs is 1. The number of aliphatic carboxylic acids is 1. The number of carboxylic acid groups (broad SMARTS) is 1. The van der Waals surface area contributed by atoms with E-state index in [4.69, 9.17) is 8.92 Å². The molecule has 1 fully saturated rings. The molecule has 12 heteroatoms. The fraction of sp³-hybridized carbons (Fsp3) is 0.375. The van der Waals surface area contributed by atoms with Crippen LogP contribution in [-0.2, 0) is 31.5 Å². The van der Waals surface area contributed by atoms with Crippen LogP contribution in [0, 0.1) is 0 Å². The van der Waals surface area contributed by atoms with E-state index in [-0.39, 0.29) is 35.8 Å². The second-order valence-corrected chi connectivity index (χ2v) is 12.6. The summed E-state index contributed by atoms with van der Waals surface area (Å²) in [6.07, 6.45) is 3.16. The molecule has 1 N–H and O–H groups in total. The van der Waals surface area contributed by atoms with E-state index in [9.17, 15) is 26.7 Å². The van der Waals surface area contributed by atoms with Crippen molar-refractivity contribution in [3.63, 3.8) is 0 Å². The Morgan fingerprint density at radius 3 is 2.36 bits per heavy atom. The number of ether oxygens (including phenoxy) is 1. The van der Waals surface area contributed by atoms with E-state index in [2.05, 4.69) is 0 Å². The molecule has 36 heavy (non-hydrogen) atoms. The maximum atomic E-state index is 13.3. The van der Waals surface area contributed by atoms with Gasteiger partial charge in [-0.25, -0.2) is 8.42 Å². The Bertz CT molecular complexity index is 1490. The Morgan fingerprint density at radius 2 is 1.75 bits per heavy atom.